The molecule has 3 aromatic carbocycles. The van der Waals surface area contributed by atoms with Gasteiger partial charge in [0.2, 0.25) is 0 Å². The van der Waals surface area contributed by atoms with Gasteiger partial charge in [-0.15, -0.1) is 0 Å². The Bertz CT molecular complexity index is 1710. The fraction of sp³-hybridized carbons (Fsp3) is 0.0476. The van der Waals surface area contributed by atoms with Gasteiger partial charge in [0, 0.05) is 12.1 Å². The third kappa shape index (κ3) is 4.93. The van der Waals surface area contributed by atoms with Crippen LogP contribution in [0.4, 0.5) is 11.4 Å². The van der Waals surface area contributed by atoms with Gasteiger partial charge in [-0.3, -0.25) is 13.5 Å². The standard InChI is InChI=1S/C21H16Cl3N3O4S3/c1-27-20-8-5-14(10-15(20)21(28)32-27)34(30,31)26-19-9-12(22)3-7-18(19)25-33(2,29)13-4-6-16(23)17(24)11-13/h3-11,26H,2H2,1H3,(H,25,29). The normalized spacial score (nSPS) is 13.5. The molecule has 0 saturated carbocycles. The van der Waals surface area contributed by atoms with Gasteiger partial charge in [0.25, 0.3) is 14.8 Å². The van der Waals surface area contributed by atoms with Crippen LogP contribution in [-0.2, 0) is 26.8 Å². The van der Waals surface area contributed by atoms with Crippen LogP contribution in [0, 0.1) is 0 Å². The molecule has 2 N–H and O–H groups in total. The largest absolute Gasteiger partial charge is 0.307 e. The monoisotopic (exact) mass is 575 g/mol. The number of anilines is 2. The number of nitrogens with zero attached hydrogens (tertiary/aromatic N) is 1. The molecule has 0 bridgehead atoms. The SMILES string of the molecule is C=S(=O)(Nc1ccc(Cl)cc1NS(=O)(=O)c1ccc2c(c1)c(=O)sn2C)c1ccc(Cl)c(Cl)c1. The van der Waals surface area contributed by atoms with E-state index in [1.54, 1.807) is 17.1 Å². The van der Waals surface area contributed by atoms with Crippen molar-refractivity contribution in [2.75, 3.05) is 9.44 Å². The van der Waals surface area contributed by atoms with Gasteiger partial charge in [0.15, 0.2) is 0 Å². The first-order valence-electron chi connectivity index (χ1n) is 9.40. The minimum absolute atomic E-state index is 0.0438. The number of hydrogen-bond donors (Lipinski definition) is 2. The molecule has 0 spiro atoms. The Morgan fingerprint density at radius 2 is 1.56 bits per heavy atom. The number of aromatic nitrogens is 1. The van der Waals surface area contributed by atoms with Gasteiger partial charge in [-0.2, -0.15) is 0 Å². The third-order valence-electron chi connectivity index (χ3n) is 4.83. The van der Waals surface area contributed by atoms with E-state index in [0.29, 0.717) is 10.9 Å². The lowest BCUT2D eigenvalue weighted by molar-refractivity contribution is 0.601. The molecule has 0 saturated heterocycles. The highest BCUT2D eigenvalue weighted by atomic mass is 35.5. The molecule has 4 rings (SSSR count). The number of aryl methyl sites for hydroxylation is 1. The highest BCUT2D eigenvalue weighted by Gasteiger charge is 2.20. The van der Waals surface area contributed by atoms with Gasteiger partial charge in [-0.05, 0) is 72.0 Å². The number of sulfonamides is 1. The fourth-order valence-electron chi connectivity index (χ4n) is 3.16. The lowest BCUT2D eigenvalue weighted by atomic mass is 10.2. The van der Waals surface area contributed by atoms with Gasteiger partial charge in [0.05, 0.1) is 51.8 Å². The second-order valence-corrected chi connectivity index (χ2v) is 13.3. The summed E-state index contributed by atoms with van der Waals surface area (Å²) < 4.78 is 46.2. The second kappa shape index (κ2) is 9.10. The van der Waals surface area contributed by atoms with Crippen molar-refractivity contribution < 1.29 is 12.6 Å². The van der Waals surface area contributed by atoms with Crippen molar-refractivity contribution in [3.05, 3.63) is 79.2 Å². The number of halogens is 3. The first kappa shape index (κ1) is 24.9. The second-order valence-electron chi connectivity index (χ2n) is 7.20. The van der Waals surface area contributed by atoms with Gasteiger partial charge < -0.3 is 4.72 Å². The number of rotatable bonds is 6. The van der Waals surface area contributed by atoms with Crippen LogP contribution in [0.3, 0.4) is 0 Å². The molecule has 1 unspecified atom stereocenters. The lowest BCUT2D eigenvalue weighted by Crippen LogP contribution is -2.17. The van der Waals surface area contributed by atoms with Crippen LogP contribution < -0.4 is 14.2 Å². The fourth-order valence-corrected chi connectivity index (χ4v) is 6.80. The number of hydrogen-bond acceptors (Lipinski definition) is 5. The molecule has 1 heterocycles. The Labute approximate surface area is 215 Å². The zero-order chi connectivity index (χ0) is 24.8. The maximum atomic E-state index is 13.3. The zero-order valence-corrected chi connectivity index (χ0v) is 22.1. The van der Waals surface area contributed by atoms with Gasteiger partial charge in [0.1, 0.15) is 0 Å². The zero-order valence-electron chi connectivity index (χ0n) is 17.3. The molecule has 7 nitrogen and oxygen atoms in total. The molecule has 0 aliphatic heterocycles. The molecule has 34 heavy (non-hydrogen) atoms. The Hall–Kier alpha value is -2.21. The third-order valence-corrected chi connectivity index (χ3v) is 9.59. The number of benzene rings is 3. The molecule has 0 fully saturated rings. The predicted molar refractivity (Wildman–Crippen MR) is 143 cm³/mol. The number of fused-ring (bicyclic) bond motifs is 1. The van der Waals surface area contributed by atoms with Crippen LogP contribution in [0.2, 0.25) is 15.1 Å². The van der Waals surface area contributed by atoms with E-state index in [4.69, 9.17) is 34.8 Å². The molecule has 1 atom stereocenters. The molecule has 178 valence electrons. The minimum Gasteiger partial charge on any atom is -0.307 e. The molecule has 0 amide bonds. The summed E-state index contributed by atoms with van der Waals surface area (Å²) in [6.45, 7) is 0. The van der Waals surface area contributed by atoms with Crippen LogP contribution in [0.1, 0.15) is 0 Å². The van der Waals surface area contributed by atoms with E-state index in [1.807, 2.05) is 0 Å². The molecule has 0 radical (unpaired) electrons. The van der Waals surface area contributed by atoms with E-state index in [9.17, 15) is 17.4 Å². The van der Waals surface area contributed by atoms with Crippen LogP contribution in [-0.4, -0.2) is 22.5 Å². The van der Waals surface area contributed by atoms with Gasteiger partial charge in [-0.1, -0.05) is 34.8 Å². The van der Waals surface area contributed by atoms with Crippen molar-refractivity contribution in [3.63, 3.8) is 0 Å². The Morgan fingerprint density at radius 1 is 0.853 bits per heavy atom. The van der Waals surface area contributed by atoms with Crippen molar-refractivity contribution in [1.29, 1.82) is 0 Å². The molecule has 0 aliphatic rings. The van der Waals surface area contributed by atoms with Crippen molar-refractivity contribution >= 4 is 94.2 Å². The summed E-state index contributed by atoms with van der Waals surface area (Å²) in [6.07, 6.45) is 0. The average Bonchev–Trinajstić information content (AvgIpc) is 3.05. The molecule has 0 aliphatic carbocycles. The van der Waals surface area contributed by atoms with Crippen molar-refractivity contribution in [2.24, 2.45) is 7.05 Å². The van der Waals surface area contributed by atoms with E-state index in [1.165, 1.54) is 48.5 Å². The molecule has 4 aromatic rings. The summed E-state index contributed by atoms with van der Waals surface area (Å²) in [4.78, 5) is 12.3. The van der Waals surface area contributed by atoms with E-state index in [2.05, 4.69) is 15.3 Å². The minimum atomic E-state index is -4.13. The molecular weight excluding hydrogens is 561 g/mol. The summed E-state index contributed by atoms with van der Waals surface area (Å²) >= 11 is 19.0. The maximum Gasteiger partial charge on any atom is 0.261 e. The summed E-state index contributed by atoms with van der Waals surface area (Å²) in [5.74, 6) is 3.74. The summed E-state index contributed by atoms with van der Waals surface area (Å²) in [7, 11) is -5.56. The van der Waals surface area contributed by atoms with E-state index in [0.717, 1.165) is 11.5 Å². The van der Waals surface area contributed by atoms with Crippen LogP contribution in [0.25, 0.3) is 10.9 Å². The van der Waals surface area contributed by atoms with E-state index < -0.39 is 19.7 Å². The summed E-state index contributed by atoms with van der Waals surface area (Å²) in [5, 5.41) is 1.03. The average molecular weight is 577 g/mol. The van der Waals surface area contributed by atoms with E-state index in [-0.39, 0.29) is 41.0 Å². The van der Waals surface area contributed by atoms with Crippen LogP contribution >= 0.6 is 46.3 Å². The molecular formula is C21H16Cl3N3O4S3. The Balaban J connectivity index is 1.72. The smallest absolute Gasteiger partial charge is 0.261 e. The van der Waals surface area contributed by atoms with Crippen molar-refractivity contribution in [1.82, 2.24) is 3.96 Å². The number of nitrogens with one attached hydrogen (secondary N) is 2. The summed E-state index contributed by atoms with van der Waals surface area (Å²) in [6, 6.07) is 13.0. The highest BCUT2D eigenvalue weighted by Crippen LogP contribution is 2.32. The highest BCUT2D eigenvalue weighted by molar-refractivity contribution is 8.01. The van der Waals surface area contributed by atoms with E-state index >= 15 is 0 Å². The predicted octanol–water partition coefficient (Wildman–Crippen LogP) is 5.46. The van der Waals surface area contributed by atoms with Crippen LogP contribution in [0.15, 0.2) is 69.2 Å². The lowest BCUT2D eigenvalue weighted by Gasteiger charge is -2.18. The van der Waals surface area contributed by atoms with Crippen molar-refractivity contribution in [2.45, 2.75) is 9.79 Å². The first-order valence-corrected chi connectivity index (χ1v) is 14.5. The molecule has 13 heteroatoms. The maximum absolute atomic E-state index is 13.3. The quantitative estimate of drug-likeness (QED) is 0.298. The van der Waals surface area contributed by atoms with Gasteiger partial charge >= 0.3 is 0 Å². The Kier molecular flexibility index (Phi) is 6.67. The van der Waals surface area contributed by atoms with Crippen LogP contribution in [0.5, 0.6) is 0 Å². The summed E-state index contributed by atoms with van der Waals surface area (Å²) in [5.41, 5.74) is 0.839. The van der Waals surface area contributed by atoms with Gasteiger partial charge in [-0.25, -0.2) is 12.6 Å². The van der Waals surface area contributed by atoms with Crippen molar-refractivity contribution in [3.8, 4) is 0 Å². The Morgan fingerprint density at radius 3 is 2.26 bits per heavy atom. The molecule has 1 aromatic heterocycles. The topological polar surface area (TPSA) is 97.3 Å². The first-order chi connectivity index (χ1) is 15.9.